The van der Waals surface area contributed by atoms with Gasteiger partial charge in [-0.3, -0.25) is 4.79 Å². The molecule has 4 rings (SSSR count). The predicted octanol–water partition coefficient (Wildman–Crippen LogP) is 4.97. The van der Waals surface area contributed by atoms with Crippen LogP contribution in [0.15, 0.2) is 48.5 Å². The normalized spacial score (nSPS) is 11.1. The van der Waals surface area contributed by atoms with Crippen molar-refractivity contribution in [2.75, 3.05) is 5.32 Å². The molecule has 2 heterocycles. The zero-order valence-electron chi connectivity index (χ0n) is 17.5. The molecule has 0 bridgehead atoms. The van der Waals surface area contributed by atoms with E-state index >= 15 is 0 Å². The van der Waals surface area contributed by atoms with Gasteiger partial charge in [0.25, 0.3) is 0 Å². The summed E-state index contributed by atoms with van der Waals surface area (Å²) < 4.78 is 14.7. The Morgan fingerprint density at radius 2 is 1.73 bits per heavy atom. The first-order valence-corrected chi connectivity index (χ1v) is 9.80. The predicted molar refractivity (Wildman–Crippen MR) is 117 cm³/mol. The van der Waals surface area contributed by atoms with Crippen molar-refractivity contribution in [3.05, 3.63) is 82.3 Å². The van der Waals surface area contributed by atoms with Crippen LogP contribution in [0.5, 0.6) is 0 Å². The molecule has 0 aliphatic carbocycles. The van der Waals surface area contributed by atoms with E-state index < -0.39 is 0 Å². The molecule has 5 nitrogen and oxygen atoms in total. The molecule has 152 valence electrons. The van der Waals surface area contributed by atoms with Crippen LogP contribution in [0.2, 0.25) is 0 Å². The van der Waals surface area contributed by atoms with E-state index in [1.165, 1.54) is 17.7 Å². The fraction of sp³-hybridized carbons (Fsp3) is 0.208. The summed E-state index contributed by atoms with van der Waals surface area (Å²) in [5, 5.41) is 8.56. The second-order valence-corrected chi connectivity index (χ2v) is 7.71. The zero-order valence-corrected chi connectivity index (χ0v) is 17.5. The summed E-state index contributed by atoms with van der Waals surface area (Å²) in [5.41, 5.74) is 5.82. The minimum atomic E-state index is -0.323. The summed E-state index contributed by atoms with van der Waals surface area (Å²) in [6, 6.07) is 13.9. The number of fused-ring (bicyclic) bond motifs is 1. The number of carbonyl (C=O) groups excluding carboxylic acids is 1. The highest BCUT2D eigenvalue weighted by atomic mass is 19.1. The molecular weight excluding hydrogens is 379 g/mol. The largest absolute Gasteiger partial charge is 0.310 e. The fourth-order valence-corrected chi connectivity index (χ4v) is 3.67. The van der Waals surface area contributed by atoms with Gasteiger partial charge < -0.3 is 5.32 Å². The lowest BCUT2D eigenvalue weighted by Gasteiger charge is -2.12. The van der Waals surface area contributed by atoms with Gasteiger partial charge >= 0.3 is 0 Å². The van der Waals surface area contributed by atoms with Crippen LogP contribution in [0.1, 0.15) is 27.9 Å². The molecule has 0 atom stereocenters. The van der Waals surface area contributed by atoms with Crippen LogP contribution in [-0.4, -0.2) is 20.7 Å². The Balaban J connectivity index is 1.68. The Hall–Kier alpha value is -3.54. The minimum Gasteiger partial charge on any atom is -0.310 e. The second-order valence-electron chi connectivity index (χ2n) is 7.71. The third-order valence-electron chi connectivity index (χ3n) is 5.04. The first kappa shape index (κ1) is 19.8. The van der Waals surface area contributed by atoms with Crippen molar-refractivity contribution < 1.29 is 9.18 Å². The van der Waals surface area contributed by atoms with Crippen molar-refractivity contribution in [3.8, 4) is 5.82 Å². The first-order valence-electron chi connectivity index (χ1n) is 9.80. The molecule has 0 saturated carbocycles. The van der Waals surface area contributed by atoms with Crippen LogP contribution < -0.4 is 5.32 Å². The second kappa shape index (κ2) is 7.71. The number of benzene rings is 2. The first-order chi connectivity index (χ1) is 14.3. The van der Waals surface area contributed by atoms with Gasteiger partial charge in [-0.25, -0.2) is 9.37 Å². The number of pyridine rings is 1. The highest BCUT2D eigenvalue weighted by molar-refractivity contribution is 5.92. The number of halogens is 1. The maximum absolute atomic E-state index is 13.1. The van der Waals surface area contributed by atoms with Gasteiger partial charge in [-0.2, -0.15) is 9.78 Å². The number of amides is 1. The van der Waals surface area contributed by atoms with E-state index in [4.69, 9.17) is 4.98 Å². The summed E-state index contributed by atoms with van der Waals surface area (Å²) in [5.74, 6) is 0.677. The van der Waals surface area contributed by atoms with E-state index in [0.29, 0.717) is 11.6 Å². The molecule has 0 fully saturated rings. The number of rotatable bonds is 4. The Morgan fingerprint density at radius 1 is 1.00 bits per heavy atom. The molecule has 0 saturated heterocycles. The standard InChI is InChI=1S/C24H23FN4O/c1-14-9-16(3)24-20(10-14)15(2)11-21(27-24)29-22(12-17(4)28-29)26-23(30)13-18-5-7-19(25)8-6-18/h5-12H,13H2,1-4H3,(H,26,30). The average Bonchev–Trinajstić information content (AvgIpc) is 3.04. The van der Waals surface area contributed by atoms with Crippen molar-refractivity contribution >= 4 is 22.6 Å². The molecule has 6 heteroatoms. The number of hydrogen-bond donors (Lipinski definition) is 1. The number of anilines is 1. The van der Waals surface area contributed by atoms with Crippen LogP contribution in [0.4, 0.5) is 10.2 Å². The van der Waals surface area contributed by atoms with E-state index in [2.05, 4.69) is 36.4 Å². The lowest BCUT2D eigenvalue weighted by atomic mass is 10.0. The molecule has 0 radical (unpaired) electrons. The SMILES string of the molecule is Cc1cc(C)c2nc(-n3nc(C)cc3NC(=O)Cc3ccc(F)cc3)cc(C)c2c1. The van der Waals surface area contributed by atoms with E-state index in [1.807, 2.05) is 26.0 Å². The van der Waals surface area contributed by atoms with E-state index in [-0.39, 0.29) is 18.1 Å². The monoisotopic (exact) mass is 402 g/mol. The van der Waals surface area contributed by atoms with Crippen molar-refractivity contribution in [3.63, 3.8) is 0 Å². The quantitative estimate of drug-likeness (QED) is 0.524. The number of aromatic nitrogens is 3. The summed E-state index contributed by atoms with van der Waals surface area (Å²) >= 11 is 0. The van der Waals surface area contributed by atoms with Gasteiger partial charge in [-0.15, -0.1) is 0 Å². The molecule has 0 aliphatic rings. The van der Waals surface area contributed by atoms with Crippen LogP contribution in [0.3, 0.4) is 0 Å². The van der Waals surface area contributed by atoms with Crippen LogP contribution in [0.25, 0.3) is 16.7 Å². The number of nitrogens with zero attached hydrogens (tertiary/aromatic N) is 3. The third-order valence-corrected chi connectivity index (χ3v) is 5.04. The lowest BCUT2D eigenvalue weighted by Crippen LogP contribution is -2.17. The highest BCUT2D eigenvalue weighted by Crippen LogP contribution is 2.26. The number of aryl methyl sites for hydroxylation is 4. The van der Waals surface area contributed by atoms with Crippen molar-refractivity contribution in [1.29, 1.82) is 0 Å². The van der Waals surface area contributed by atoms with E-state index in [0.717, 1.165) is 33.3 Å². The van der Waals surface area contributed by atoms with Crippen molar-refractivity contribution in [1.82, 2.24) is 14.8 Å². The summed E-state index contributed by atoms with van der Waals surface area (Å²) in [6.07, 6.45) is 0.146. The molecule has 0 aliphatic heterocycles. The van der Waals surface area contributed by atoms with Crippen LogP contribution in [0, 0.1) is 33.5 Å². The molecule has 2 aromatic heterocycles. The Kier molecular flexibility index (Phi) is 5.08. The molecular formula is C24H23FN4O. The zero-order chi connectivity index (χ0) is 21.4. The Bertz CT molecular complexity index is 1260. The van der Waals surface area contributed by atoms with Crippen LogP contribution >= 0.6 is 0 Å². The maximum atomic E-state index is 13.1. The summed E-state index contributed by atoms with van der Waals surface area (Å²) in [7, 11) is 0. The smallest absolute Gasteiger partial charge is 0.229 e. The van der Waals surface area contributed by atoms with Crippen LogP contribution in [-0.2, 0) is 11.2 Å². The van der Waals surface area contributed by atoms with Crippen molar-refractivity contribution in [2.45, 2.75) is 34.1 Å². The van der Waals surface area contributed by atoms with Gasteiger partial charge in [-0.05, 0) is 68.7 Å². The Labute approximate surface area is 174 Å². The summed E-state index contributed by atoms with van der Waals surface area (Å²) in [6.45, 7) is 8.04. The van der Waals surface area contributed by atoms with E-state index in [9.17, 15) is 9.18 Å². The lowest BCUT2D eigenvalue weighted by molar-refractivity contribution is -0.115. The molecule has 4 aromatic rings. The molecule has 30 heavy (non-hydrogen) atoms. The molecule has 0 unspecified atom stereocenters. The van der Waals surface area contributed by atoms with Gasteiger partial charge in [0.1, 0.15) is 11.6 Å². The fourth-order valence-electron chi connectivity index (χ4n) is 3.67. The van der Waals surface area contributed by atoms with Gasteiger partial charge in [0.05, 0.1) is 17.6 Å². The third kappa shape index (κ3) is 3.94. The van der Waals surface area contributed by atoms with Gasteiger partial charge in [0.15, 0.2) is 5.82 Å². The van der Waals surface area contributed by atoms with E-state index in [1.54, 1.807) is 16.8 Å². The number of hydrogen-bond acceptors (Lipinski definition) is 3. The molecule has 1 amide bonds. The topological polar surface area (TPSA) is 59.8 Å². The van der Waals surface area contributed by atoms with Gasteiger partial charge in [-0.1, -0.05) is 23.8 Å². The molecule has 0 spiro atoms. The average molecular weight is 402 g/mol. The highest BCUT2D eigenvalue weighted by Gasteiger charge is 2.15. The summed E-state index contributed by atoms with van der Waals surface area (Å²) in [4.78, 5) is 17.4. The Morgan fingerprint density at radius 3 is 2.47 bits per heavy atom. The molecule has 2 aromatic carbocycles. The maximum Gasteiger partial charge on any atom is 0.229 e. The van der Waals surface area contributed by atoms with Crippen molar-refractivity contribution in [2.24, 2.45) is 0 Å². The minimum absolute atomic E-state index is 0.146. The molecule has 1 N–H and O–H groups in total. The number of nitrogens with one attached hydrogen (secondary N) is 1. The van der Waals surface area contributed by atoms with Gasteiger partial charge in [0, 0.05) is 11.5 Å². The van der Waals surface area contributed by atoms with Gasteiger partial charge in [0.2, 0.25) is 5.91 Å². The number of carbonyl (C=O) groups is 1.